The fourth-order valence-electron chi connectivity index (χ4n) is 4.58. The molecule has 2 N–H and O–H groups in total. The molecule has 3 heteroatoms. The molecule has 0 aromatic heterocycles. The van der Waals surface area contributed by atoms with E-state index in [1.54, 1.807) is 0 Å². The van der Waals surface area contributed by atoms with E-state index < -0.39 is 0 Å². The molecule has 0 aromatic carbocycles. The number of rotatable bonds is 6. The Balaban J connectivity index is 1.93. The summed E-state index contributed by atoms with van der Waals surface area (Å²) in [4.78, 5) is 2.62. The number of nitrogens with one attached hydrogen (secondary N) is 1. The number of fused-ring (bicyclic) bond motifs is 1. The van der Waals surface area contributed by atoms with E-state index in [0.29, 0.717) is 11.3 Å². The number of aliphatic hydroxyl groups is 1. The van der Waals surface area contributed by atoms with Crippen LogP contribution in [0.1, 0.15) is 58.8 Å². The molecule has 0 spiro atoms. The van der Waals surface area contributed by atoms with Crippen LogP contribution in [0.25, 0.3) is 0 Å². The highest BCUT2D eigenvalue weighted by Crippen LogP contribution is 2.40. The van der Waals surface area contributed by atoms with Gasteiger partial charge in [-0.05, 0) is 38.1 Å². The van der Waals surface area contributed by atoms with Gasteiger partial charge >= 0.3 is 0 Å². The second kappa shape index (κ2) is 6.76. The first kappa shape index (κ1) is 16.3. The van der Waals surface area contributed by atoms with Crippen molar-refractivity contribution in [2.75, 3.05) is 33.2 Å². The Morgan fingerprint density at radius 3 is 2.85 bits per heavy atom. The van der Waals surface area contributed by atoms with E-state index >= 15 is 0 Å². The maximum atomic E-state index is 10.8. The van der Waals surface area contributed by atoms with Gasteiger partial charge in [0.1, 0.15) is 0 Å². The zero-order valence-corrected chi connectivity index (χ0v) is 13.7. The summed E-state index contributed by atoms with van der Waals surface area (Å²) in [7, 11) is 2.06. The summed E-state index contributed by atoms with van der Waals surface area (Å²) in [6.07, 6.45) is 8.31. The Labute approximate surface area is 125 Å². The molecule has 3 unspecified atom stereocenters. The third kappa shape index (κ3) is 3.75. The zero-order chi connectivity index (χ0) is 14.6. The van der Waals surface area contributed by atoms with Crippen LogP contribution in [-0.2, 0) is 0 Å². The molecule has 0 bridgehead atoms. The topological polar surface area (TPSA) is 35.5 Å². The van der Waals surface area contributed by atoms with E-state index in [9.17, 15) is 5.11 Å². The SMILES string of the molecule is CCCC(C)(CNC)CN1CCC2(O)CCCCC2C1. The fraction of sp³-hybridized carbons (Fsp3) is 1.00. The monoisotopic (exact) mass is 282 g/mol. The average molecular weight is 282 g/mol. The first-order valence-corrected chi connectivity index (χ1v) is 8.61. The van der Waals surface area contributed by atoms with Crippen molar-refractivity contribution in [3.63, 3.8) is 0 Å². The van der Waals surface area contributed by atoms with Crippen molar-refractivity contribution in [3.8, 4) is 0 Å². The molecule has 2 aliphatic rings. The lowest BCUT2D eigenvalue weighted by Crippen LogP contribution is -2.55. The summed E-state index contributed by atoms with van der Waals surface area (Å²) in [5.41, 5.74) is 0.0343. The van der Waals surface area contributed by atoms with Crippen LogP contribution in [0, 0.1) is 11.3 Å². The van der Waals surface area contributed by atoms with Crippen LogP contribution in [0.2, 0.25) is 0 Å². The molecule has 1 aliphatic heterocycles. The van der Waals surface area contributed by atoms with Gasteiger partial charge < -0.3 is 15.3 Å². The molecule has 1 saturated heterocycles. The quantitative estimate of drug-likeness (QED) is 0.786. The van der Waals surface area contributed by atoms with Crippen LogP contribution in [-0.4, -0.2) is 48.8 Å². The van der Waals surface area contributed by atoms with Crippen molar-refractivity contribution in [2.45, 2.75) is 64.4 Å². The van der Waals surface area contributed by atoms with Crippen LogP contribution in [0.3, 0.4) is 0 Å². The number of hydrogen-bond donors (Lipinski definition) is 2. The highest BCUT2D eigenvalue weighted by molar-refractivity contribution is 4.96. The van der Waals surface area contributed by atoms with Crippen LogP contribution >= 0.6 is 0 Å². The third-order valence-corrected chi connectivity index (χ3v) is 5.57. The minimum atomic E-state index is -0.334. The molecule has 0 radical (unpaired) electrons. The molecule has 1 aliphatic carbocycles. The van der Waals surface area contributed by atoms with E-state index in [2.05, 4.69) is 31.1 Å². The van der Waals surface area contributed by atoms with Crippen molar-refractivity contribution in [1.29, 1.82) is 0 Å². The summed E-state index contributed by atoms with van der Waals surface area (Å²) in [5.74, 6) is 0.519. The summed E-state index contributed by atoms with van der Waals surface area (Å²) in [6.45, 7) is 9.15. The minimum absolute atomic E-state index is 0.334. The second-order valence-corrected chi connectivity index (χ2v) is 7.62. The molecule has 0 aromatic rings. The van der Waals surface area contributed by atoms with Gasteiger partial charge in [-0.15, -0.1) is 0 Å². The number of hydrogen-bond acceptors (Lipinski definition) is 3. The predicted octanol–water partition coefficient (Wildman–Crippen LogP) is 2.64. The first-order valence-electron chi connectivity index (χ1n) is 8.61. The number of likely N-dealkylation sites (tertiary alicyclic amines) is 1. The van der Waals surface area contributed by atoms with Crippen LogP contribution in [0.15, 0.2) is 0 Å². The van der Waals surface area contributed by atoms with Gasteiger partial charge in [-0.25, -0.2) is 0 Å². The molecule has 3 nitrogen and oxygen atoms in total. The van der Waals surface area contributed by atoms with Gasteiger partial charge in [-0.1, -0.05) is 33.1 Å². The van der Waals surface area contributed by atoms with Gasteiger partial charge in [0.15, 0.2) is 0 Å². The molecule has 2 rings (SSSR count). The summed E-state index contributed by atoms with van der Waals surface area (Å²) in [6, 6.07) is 0. The van der Waals surface area contributed by atoms with Gasteiger partial charge in [-0.2, -0.15) is 0 Å². The van der Waals surface area contributed by atoms with E-state index in [0.717, 1.165) is 32.5 Å². The molecular formula is C17H34N2O. The van der Waals surface area contributed by atoms with E-state index in [4.69, 9.17) is 0 Å². The molecule has 2 fully saturated rings. The van der Waals surface area contributed by atoms with Crippen molar-refractivity contribution < 1.29 is 5.11 Å². The third-order valence-electron chi connectivity index (χ3n) is 5.57. The normalized spacial score (nSPS) is 34.5. The van der Waals surface area contributed by atoms with Gasteiger partial charge in [0, 0.05) is 32.1 Å². The van der Waals surface area contributed by atoms with Crippen molar-refractivity contribution >= 4 is 0 Å². The van der Waals surface area contributed by atoms with Crippen molar-refractivity contribution in [3.05, 3.63) is 0 Å². The molecule has 0 amide bonds. The lowest BCUT2D eigenvalue weighted by molar-refractivity contribution is -0.100. The standard InChI is InChI=1S/C17H34N2O/c1-4-8-16(2,13-18-3)14-19-11-10-17(20)9-6-5-7-15(17)12-19/h15,18,20H,4-14H2,1-3H3. The molecule has 118 valence electrons. The summed E-state index contributed by atoms with van der Waals surface area (Å²) >= 11 is 0. The van der Waals surface area contributed by atoms with Crippen molar-refractivity contribution in [1.82, 2.24) is 10.2 Å². The molecular weight excluding hydrogens is 248 g/mol. The molecule has 1 heterocycles. The number of piperidine rings is 1. The Bertz CT molecular complexity index is 301. The maximum Gasteiger partial charge on any atom is 0.0700 e. The van der Waals surface area contributed by atoms with Gasteiger partial charge in [-0.3, -0.25) is 0 Å². The highest BCUT2D eigenvalue weighted by Gasteiger charge is 2.43. The number of nitrogens with zero attached hydrogens (tertiary/aromatic N) is 1. The predicted molar refractivity (Wildman–Crippen MR) is 84.9 cm³/mol. The van der Waals surface area contributed by atoms with E-state index in [-0.39, 0.29) is 5.60 Å². The molecule has 20 heavy (non-hydrogen) atoms. The van der Waals surface area contributed by atoms with Crippen LogP contribution in [0.4, 0.5) is 0 Å². The van der Waals surface area contributed by atoms with Crippen LogP contribution < -0.4 is 5.32 Å². The lowest BCUT2D eigenvalue weighted by atomic mass is 9.71. The molecule has 3 atom stereocenters. The first-order chi connectivity index (χ1) is 9.51. The Kier molecular flexibility index (Phi) is 5.49. The minimum Gasteiger partial charge on any atom is -0.390 e. The van der Waals surface area contributed by atoms with Gasteiger partial charge in [0.05, 0.1) is 5.60 Å². The fourth-order valence-corrected chi connectivity index (χ4v) is 4.58. The zero-order valence-electron chi connectivity index (χ0n) is 13.7. The largest absolute Gasteiger partial charge is 0.390 e. The molecule has 1 saturated carbocycles. The Morgan fingerprint density at radius 2 is 2.15 bits per heavy atom. The smallest absolute Gasteiger partial charge is 0.0700 e. The van der Waals surface area contributed by atoms with Gasteiger partial charge in [0.25, 0.3) is 0 Å². The van der Waals surface area contributed by atoms with E-state index in [1.807, 2.05) is 0 Å². The summed E-state index contributed by atoms with van der Waals surface area (Å²) < 4.78 is 0. The maximum absolute atomic E-state index is 10.8. The summed E-state index contributed by atoms with van der Waals surface area (Å²) in [5, 5.41) is 14.1. The van der Waals surface area contributed by atoms with Crippen LogP contribution in [0.5, 0.6) is 0 Å². The Morgan fingerprint density at radius 1 is 1.35 bits per heavy atom. The highest BCUT2D eigenvalue weighted by atomic mass is 16.3. The average Bonchev–Trinajstić information content (AvgIpc) is 2.39. The Hall–Kier alpha value is -0.120. The van der Waals surface area contributed by atoms with Gasteiger partial charge in [0.2, 0.25) is 0 Å². The van der Waals surface area contributed by atoms with Crippen molar-refractivity contribution in [2.24, 2.45) is 11.3 Å². The lowest BCUT2D eigenvalue weighted by Gasteiger charge is -2.49. The second-order valence-electron chi connectivity index (χ2n) is 7.62. The van der Waals surface area contributed by atoms with E-state index in [1.165, 1.54) is 38.6 Å².